The van der Waals surface area contributed by atoms with Crippen molar-refractivity contribution in [2.75, 3.05) is 13.2 Å². The molecule has 0 aromatic carbocycles. The fraction of sp³-hybridized carbons (Fsp3) is 0.471. The zero-order valence-electron chi connectivity index (χ0n) is 14.1. The molecule has 0 spiro atoms. The Morgan fingerprint density at radius 3 is 3.12 bits per heavy atom. The molecule has 1 saturated heterocycles. The summed E-state index contributed by atoms with van der Waals surface area (Å²) in [7, 11) is 0. The Morgan fingerprint density at radius 2 is 2.36 bits per heavy atom. The molecule has 4 rings (SSSR count). The third-order valence-corrected chi connectivity index (χ3v) is 5.97. The van der Waals surface area contributed by atoms with Gasteiger partial charge in [-0.1, -0.05) is 17.4 Å². The predicted octanol–water partition coefficient (Wildman–Crippen LogP) is 2.70. The summed E-state index contributed by atoms with van der Waals surface area (Å²) in [5, 5.41) is 7.49. The van der Waals surface area contributed by atoms with E-state index in [1.54, 1.807) is 11.3 Å². The molecule has 0 aliphatic carbocycles. The minimum Gasteiger partial charge on any atom is -0.377 e. The number of hydrogen-bond donors (Lipinski definition) is 0. The molecule has 0 bridgehead atoms. The molecule has 0 unspecified atom stereocenters. The maximum Gasteiger partial charge on any atom is 0.275 e. The number of fused-ring (bicyclic) bond motifs is 1. The van der Waals surface area contributed by atoms with Crippen molar-refractivity contribution in [3.8, 4) is 0 Å². The molecule has 6 nitrogen and oxygen atoms in total. The highest BCUT2D eigenvalue weighted by Gasteiger charge is 2.21. The van der Waals surface area contributed by atoms with E-state index in [1.807, 2.05) is 6.92 Å². The number of ether oxygens (including phenoxy) is 1. The zero-order chi connectivity index (χ0) is 17.2. The second-order valence-electron chi connectivity index (χ2n) is 6.31. The van der Waals surface area contributed by atoms with E-state index < -0.39 is 0 Å². The maximum atomic E-state index is 12.1. The maximum absolute atomic E-state index is 12.1. The molecule has 1 atom stereocenters. The highest BCUT2D eigenvalue weighted by molar-refractivity contribution is 7.16. The lowest BCUT2D eigenvalue weighted by Crippen LogP contribution is -2.31. The van der Waals surface area contributed by atoms with Crippen molar-refractivity contribution in [2.24, 2.45) is 0 Å². The Hall–Kier alpha value is -1.61. The van der Waals surface area contributed by atoms with Gasteiger partial charge in [0, 0.05) is 36.3 Å². The van der Waals surface area contributed by atoms with Crippen LogP contribution in [0.25, 0.3) is 4.96 Å². The number of hydrogen-bond acceptors (Lipinski definition) is 7. The summed E-state index contributed by atoms with van der Waals surface area (Å²) < 4.78 is 7.22. The number of rotatable bonds is 6. The second-order valence-corrected chi connectivity index (χ2v) is 8.38. The molecule has 3 aromatic heterocycles. The van der Waals surface area contributed by atoms with Gasteiger partial charge in [0.1, 0.15) is 5.01 Å². The van der Waals surface area contributed by atoms with Gasteiger partial charge in [0.05, 0.1) is 12.6 Å². The first-order valence-corrected chi connectivity index (χ1v) is 10.1. The zero-order valence-corrected chi connectivity index (χ0v) is 15.7. The summed E-state index contributed by atoms with van der Waals surface area (Å²) in [6.45, 7) is 5.15. The molecule has 4 heterocycles. The first-order valence-electron chi connectivity index (χ1n) is 8.40. The van der Waals surface area contributed by atoms with Crippen LogP contribution in [0.5, 0.6) is 0 Å². The summed E-state index contributed by atoms with van der Waals surface area (Å²) in [6, 6.07) is 5.75. The number of thiophene rings is 1. The normalized spacial score (nSPS) is 17.8. The Balaban J connectivity index is 1.56. The summed E-state index contributed by atoms with van der Waals surface area (Å²) in [5.41, 5.74) is 0.615. The van der Waals surface area contributed by atoms with Crippen LogP contribution in [-0.4, -0.2) is 38.8 Å². The topological polar surface area (TPSA) is 59.7 Å². The Kier molecular flexibility index (Phi) is 4.93. The largest absolute Gasteiger partial charge is 0.377 e. The first-order chi connectivity index (χ1) is 12.2. The smallest absolute Gasteiger partial charge is 0.275 e. The van der Waals surface area contributed by atoms with Gasteiger partial charge in [-0.2, -0.15) is 9.61 Å². The first kappa shape index (κ1) is 16.8. The van der Waals surface area contributed by atoms with E-state index in [9.17, 15) is 4.79 Å². The fourth-order valence-corrected chi connectivity index (χ4v) is 4.83. The lowest BCUT2D eigenvalue weighted by molar-refractivity contribution is 0.0681. The van der Waals surface area contributed by atoms with Gasteiger partial charge < -0.3 is 4.74 Å². The second kappa shape index (κ2) is 7.33. The van der Waals surface area contributed by atoms with E-state index in [-0.39, 0.29) is 11.7 Å². The summed E-state index contributed by atoms with van der Waals surface area (Å²) in [6.07, 6.45) is 2.54. The molecule has 1 fully saturated rings. The van der Waals surface area contributed by atoms with Crippen LogP contribution >= 0.6 is 22.7 Å². The van der Waals surface area contributed by atoms with Crippen LogP contribution in [-0.2, 0) is 17.8 Å². The van der Waals surface area contributed by atoms with Crippen LogP contribution in [0.4, 0.5) is 0 Å². The average Bonchev–Trinajstić information content (AvgIpc) is 3.29. The van der Waals surface area contributed by atoms with E-state index in [4.69, 9.17) is 4.74 Å². The van der Waals surface area contributed by atoms with Gasteiger partial charge in [-0.3, -0.25) is 9.69 Å². The quantitative estimate of drug-likeness (QED) is 0.662. The van der Waals surface area contributed by atoms with Crippen LogP contribution < -0.4 is 5.56 Å². The Bertz CT molecular complexity index is 897. The average molecular weight is 377 g/mol. The molecule has 8 heteroatoms. The van der Waals surface area contributed by atoms with Crippen LogP contribution in [0.1, 0.15) is 28.4 Å². The number of aromatic nitrogens is 3. The van der Waals surface area contributed by atoms with E-state index in [1.165, 1.54) is 26.8 Å². The molecule has 25 heavy (non-hydrogen) atoms. The van der Waals surface area contributed by atoms with Gasteiger partial charge in [0.2, 0.25) is 4.96 Å². The monoisotopic (exact) mass is 376 g/mol. The number of aryl methyl sites for hydroxylation is 1. The van der Waals surface area contributed by atoms with Crippen molar-refractivity contribution in [1.82, 2.24) is 19.5 Å². The highest BCUT2D eigenvalue weighted by atomic mass is 32.1. The molecule has 1 aliphatic rings. The van der Waals surface area contributed by atoms with Crippen molar-refractivity contribution in [2.45, 2.75) is 39.0 Å². The minimum atomic E-state index is -0.117. The third-order valence-electron chi connectivity index (χ3n) is 4.22. The summed E-state index contributed by atoms with van der Waals surface area (Å²) in [5.74, 6) is 0. The van der Waals surface area contributed by atoms with E-state index in [2.05, 4.69) is 32.5 Å². The van der Waals surface area contributed by atoms with Crippen molar-refractivity contribution >= 4 is 27.6 Å². The summed E-state index contributed by atoms with van der Waals surface area (Å²) in [4.78, 5) is 20.8. The molecule has 3 aromatic rings. The highest BCUT2D eigenvalue weighted by Crippen LogP contribution is 2.20. The van der Waals surface area contributed by atoms with E-state index in [0.717, 1.165) is 43.2 Å². The molecular formula is C17H20N4O2S2. The predicted molar refractivity (Wildman–Crippen MR) is 99.3 cm³/mol. The Morgan fingerprint density at radius 1 is 1.44 bits per heavy atom. The van der Waals surface area contributed by atoms with Gasteiger partial charge in [0.15, 0.2) is 0 Å². The van der Waals surface area contributed by atoms with Crippen LogP contribution in [0.15, 0.2) is 28.4 Å². The van der Waals surface area contributed by atoms with Gasteiger partial charge in [-0.15, -0.1) is 11.3 Å². The molecule has 0 amide bonds. The van der Waals surface area contributed by atoms with Crippen LogP contribution in [0.3, 0.4) is 0 Å². The van der Waals surface area contributed by atoms with Gasteiger partial charge in [0.25, 0.3) is 5.56 Å². The molecule has 1 aliphatic heterocycles. The minimum absolute atomic E-state index is 0.117. The standard InChI is InChI=1S/C17H20N4O2S2/c1-12-8-16(22)21-17(18-12)25-15(19-21)11-20(9-13-4-2-6-23-13)10-14-5-3-7-24-14/h3,5,7-8,13H,2,4,6,9-11H2,1H3/t13-/m0/s1. The van der Waals surface area contributed by atoms with Gasteiger partial charge in [-0.05, 0) is 31.2 Å². The lowest BCUT2D eigenvalue weighted by Gasteiger charge is -2.23. The van der Waals surface area contributed by atoms with Crippen molar-refractivity contribution in [1.29, 1.82) is 0 Å². The van der Waals surface area contributed by atoms with Crippen molar-refractivity contribution in [3.63, 3.8) is 0 Å². The Labute approximate surface area is 153 Å². The molecule has 0 radical (unpaired) electrons. The van der Waals surface area contributed by atoms with Gasteiger partial charge in [-0.25, -0.2) is 4.98 Å². The molecule has 0 N–H and O–H groups in total. The molecule has 0 saturated carbocycles. The van der Waals surface area contributed by atoms with E-state index >= 15 is 0 Å². The lowest BCUT2D eigenvalue weighted by atomic mass is 10.2. The SMILES string of the molecule is Cc1cc(=O)n2nc(CN(Cc3cccs3)C[C@@H]3CCCO3)sc2n1. The number of nitrogens with zero attached hydrogens (tertiary/aromatic N) is 4. The van der Waals surface area contributed by atoms with Crippen LogP contribution in [0, 0.1) is 6.92 Å². The van der Waals surface area contributed by atoms with Crippen molar-refractivity contribution < 1.29 is 4.74 Å². The summed E-state index contributed by atoms with van der Waals surface area (Å²) >= 11 is 3.25. The van der Waals surface area contributed by atoms with Crippen molar-refractivity contribution in [3.05, 3.63) is 49.5 Å². The van der Waals surface area contributed by atoms with Crippen LogP contribution in [0.2, 0.25) is 0 Å². The van der Waals surface area contributed by atoms with E-state index in [0.29, 0.717) is 11.5 Å². The molecular weight excluding hydrogens is 356 g/mol. The fourth-order valence-electron chi connectivity index (χ4n) is 3.10. The van der Waals surface area contributed by atoms with Gasteiger partial charge >= 0.3 is 0 Å². The molecule has 132 valence electrons. The third kappa shape index (κ3) is 3.98.